The molecule has 2 unspecified atom stereocenters. The van der Waals surface area contributed by atoms with E-state index in [1.54, 1.807) is 0 Å². The highest BCUT2D eigenvalue weighted by Crippen LogP contribution is 2.28. The van der Waals surface area contributed by atoms with Gasteiger partial charge in [0.15, 0.2) is 0 Å². The molecule has 0 amide bonds. The summed E-state index contributed by atoms with van der Waals surface area (Å²) >= 11 is 0. The van der Waals surface area contributed by atoms with Crippen LogP contribution in [-0.4, -0.2) is 24.9 Å². The Labute approximate surface area is 122 Å². The molecule has 1 aliphatic heterocycles. The molecule has 2 rings (SSSR count). The van der Waals surface area contributed by atoms with Gasteiger partial charge in [0.05, 0.1) is 17.9 Å². The summed E-state index contributed by atoms with van der Waals surface area (Å²) < 4.78 is 11.7. The fourth-order valence-corrected chi connectivity index (χ4v) is 2.70. The summed E-state index contributed by atoms with van der Waals surface area (Å²) in [6.07, 6.45) is 5.09. The van der Waals surface area contributed by atoms with Gasteiger partial charge in [-0.15, -0.1) is 0 Å². The highest BCUT2D eigenvalue weighted by atomic mass is 16.5. The number of hydrogen-bond acceptors (Lipinski definition) is 3. The maximum atomic E-state index is 5.87. The van der Waals surface area contributed by atoms with E-state index in [1.807, 2.05) is 12.1 Å². The first-order valence-electron chi connectivity index (χ1n) is 7.83. The average molecular weight is 277 g/mol. The van der Waals surface area contributed by atoms with Gasteiger partial charge in [-0.1, -0.05) is 25.5 Å². The van der Waals surface area contributed by atoms with Crippen molar-refractivity contribution >= 4 is 5.69 Å². The number of hydrogen-bond donors (Lipinski definition) is 1. The SMILES string of the molecule is CCCC1CC(Nc2ccccc2OC(C)C)CCO1. The van der Waals surface area contributed by atoms with E-state index in [1.165, 1.54) is 6.42 Å². The van der Waals surface area contributed by atoms with Crippen LogP contribution in [0.1, 0.15) is 46.5 Å². The Hall–Kier alpha value is -1.22. The van der Waals surface area contributed by atoms with Gasteiger partial charge in [0.2, 0.25) is 0 Å². The number of ether oxygens (including phenoxy) is 2. The summed E-state index contributed by atoms with van der Waals surface area (Å²) in [6, 6.07) is 8.69. The summed E-state index contributed by atoms with van der Waals surface area (Å²) in [5, 5.41) is 3.64. The Bertz CT molecular complexity index is 404. The molecule has 3 heteroatoms. The third-order valence-corrected chi connectivity index (χ3v) is 3.59. The molecule has 0 spiro atoms. The molecule has 0 radical (unpaired) electrons. The Morgan fingerprint density at radius 1 is 1.35 bits per heavy atom. The second kappa shape index (κ2) is 7.53. The molecule has 0 aromatic heterocycles. The van der Waals surface area contributed by atoms with Gasteiger partial charge in [0.1, 0.15) is 5.75 Å². The minimum Gasteiger partial charge on any atom is -0.489 e. The average Bonchev–Trinajstić information content (AvgIpc) is 2.41. The Morgan fingerprint density at radius 2 is 2.15 bits per heavy atom. The molecule has 3 nitrogen and oxygen atoms in total. The first kappa shape index (κ1) is 15.2. The van der Waals surface area contributed by atoms with Crippen molar-refractivity contribution in [2.75, 3.05) is 11.9 Å². The predicted molar refractivity (Wildman–Crippen MR) is 83.5 cm³/mol. The van der Waals surface area contributed by atoms with Gasteiger partial charge in [-0.2, -0.15) is 0 Å². The van der Waals surface area contributed by atoms with Crippen molar-refractivity contribution < 1.29 is 9.47 Å². The van der Waals surface area contributed by atoms with E-state index in [4.69, 9.17) is 9.47 Å². The number of anilines is 1. The highest BCUT2D eigenvalue weighted by Gasteiger charge is 2.22. The quantitative estimate of drug-likeness (QED) is 0.844. The normalized spacial score (nSPS) is 22.8. The number of benzene rings is 1. The minimum atomic E-state index is 0.195. The molecule has 0 saturated carbocycles. The molecule has 1 N–H and O–H groups in total. The zero-order valence-corrected chi connectivity index (χ0v) is 12.9. The molecule has 20 heavy (non-hydrogen) atoms. The van der Waals surface area contributed by atoms with E-state index in [2.05, 4.69) is 38.2 Å². The highest BCUT2D eigenvalue weighted by molar-refractivity contribution is 5.56. The molecule has 0 aliphatic carbocycles. The lowest BCUT2D eigenvalue weighted by molar-refractivity contribution is 0.00593. The lowest BCUT2D eigenvalue weighted by atomic mass is 10.00. The van der Waals surface area contributed by atoms with E-state index in [0.717, 1.165) is 37.3 Å². The van der Waals surface area contributed by atoms with Crippen molar-refractivity contribution in [3.05, 3.63) is 24.3 Å². The third-order valence-electron chi connectivity index (χ3n) is 3.59. The summed E-state index contributed by atoms with van der Waals surface area (Å²) in [5.74, 6) is 0.945. The van der Waals surface area contributed by atoms with Gasteiger partial charge < -0.3 is 14.8 Å². The zero-order chi connectivity index (χ0) is 14.4. The maximum absolute atomic E-state index is 5.87. The smallest absolute Gasteiger partial charge is 0.142 e. The topological polar surface area (TPSA) is 30.5 Å². The number of para-hydroxylation sites is 2. The molecule has 1 aromatic rings. The van der Waals surface area contributed by atoms with Crippen molar-refractivity contribution in [2.24, 2.45) is 0 Å². The molecular weight excluding hydrogens is 250 g/mol. The molecule has 112 valence electrons. The standard InChI is InChI=1S/C17H27NO2/c1-4-7-15-12-14(10-11-19-15)18-16-8-5-6-9-17(16)20-13(2)3/h5-6,8-9,13-15,18H,4,7,10-12H2,1-3H3. The Morgan fingerprint density at radius 3 is 2.90 bits per heavy atom. The van der Waals surface area contributed by atoms with Crippen molar-refractivity contribution in [3.8, 4) is 5.75 Å². The van der Waals surface area contributed by atoms with Crippen LogP contribution in [-0.2, 0) is 4.74 Å². The van der Waals surface area contributed by atoms with Crippen LogP contribution in [0.5, 0.6) is 5.75 Å². The van der Waals surface area contributed by atoms with Gasteiger partial charge in [0, 0.05) is 12.6 Å². The fraction of sp³-hybridized carbons (Fsp3) is 0.647. The molecule has 1 saturated heterocycles. The third kappa shape index (κ3) is 4.41. The summed E-state index contributed by atoms with van der Waals surface area (Å²) in [4.78, 5) is 0. The number of nitrogens with one attached hydrogen (secondary N) is 1. The van der Waals surface area contributed by atoms with E-state index in [0.29, 0.717) is 12.1 Å². The molecular formula is C17H27NO2. The second-order valence-electron chi connectivity index (χ2n) is 5.81. The predicted octanol–water partition coefficient (Wildman–Crippen LogP) is 4.23. The van der Waals surface area contributed by atoms with Gasteiger partial charge >= 0.3 is 0 Å². The van der Waals surface area contributed by atoms with Crippen LogP contribution in [0, 0.1) is 0 Å². The fourth-order valence-electron chi connectivity index (χ4n) is 2.70. The zero-order valence-electron chi connectivity index (χ0n) is 12.9. The van der Waals surface area contributed by atoms with E-state index in [9.17, 15) is 0 Å². The van der Waals surface area contributed by atoms with Crippen LogP contribution in [0.25, 0.3) is 0 Å². The van der Waals surface area contributed by atoms with Gasteiger partial charge in [-0.05, 0) is 45.2 Å². The van der Waals surface area contributed by atoms with Crippen molar-refractivity contribution in [2.45, 2.75) is 64.7 Å². The first-order chi connectivity index (χ1) is 9.69. The summed E-state index contributed by atoms with van der Waals surface area (Å²) in [5.41, 5.74) is 1.10. The van der Waals surface area contributed by atoms with E-state index < -0.39 is 0 Å². The van der Waals surface area contributed by atoms with Gasteiger partial charge in [-0.25, -0.2) is 0 Å². The van der Waals surface area contributed by atoms with E-state index in [-0.39, 0.29) is 6.10 Å². The summed E-state index contributed by atoms with van der Waals surface area (Å²) in [7, 11) is 0. The maximum Gasteiger partial charge on any atom is 0.142 e. The molecule has 2 atom stereocenters. The van der Waals surface area contributed by atoms with Crippen LogP contribution in [0.4, 0.5) is 5.69 Å². The number of rotatable bonds is 6. The lowest BCUT2D eigenvalue weighted by Crippen LogP contribution is -2.34. The molecule has 0 bridgehead atoms. The first-order valence-corrected chi connectivity index (χ1v) is 7.83. The second-order valence-corrected chi connectivity index (χ2v) is 5.81. The van der Waals surface area contributed by atoms with Crippen LogP contribution in [0.15, 0.2) is 24.3 Å². The van der Waals surface area contributed by atoms with Gasteiger partial charge in [-0.3, -0.25) is 0 Å². The van der Waals surface area contributed by atoms with Crippen LogP contribution in [0.3, 0.4) is 0 Å². The van der Waals surface area contributed by atoms with Crippen molar-refractivity contribution in [3.63, 3.8) is 0 Å². The van der Waals surface area contributed by atoms with Crippen molar-refractivity contribution in [1.82, 2.24) is 0 Å². The van der Waals surface area contributed by atoms with Crippen LogP contribution in [0.2, 0.25) is 0 Å². The van der Waals surface area contributed by atoms with Gasteiger partial charge in [0.25, 0.3) is 0 Å². The van der Waals surface area contributed by atoms with Crippen LogP contribution >= 0.6 is 0 Å². The molecule has 1 aromatic carbocycles. The monoisotopic (exact) mass is 277 g/mol. The minimum absolute atomic E-state index is 0.195. The Kier molecular flexibility index (Phi) is 5.72. The largest absolute Gasteiger partial charge is 0.489 e. The lowest BCUT2D eigenvalue weighted by Gasteiger charge is -2.31. The van der Waals surface area contributed by atoms with Crippen LogP contribution < -0.4 is 10.1 Å². The molecule has 1 heterocycles. The molecule has 1 aliphatic rings. The molecule has 1 fully saturated rings. The summed E-state index contributed by atoms with van der Waals surface area (Å²) in [6.45, 7) is 7.19. The van der Waals surface area contributed by atoms with Crippen molar-refractivity contribution in [1.29, 1.82) is 0 Å². The van der Waals surface area contributed by atoms with E-state index >= 15 is 0 Å². The Balaban J connectivity index is 1.98.